The standard InChI is InChI=1S/C12H9ClF2N2O2S/c13-10-7-16-17-12(10)20(18,19)5-4-11(15)8-2-1-3-9(14)6-8/h1-4,6-7H,5H2,(H,16,17). The second kappa shape index (κ2) is 5.72. The first-order chi connectivity index (χ1) is 9.40. The van der Waals surface area contributed by atoms with E-state index in [0.717, 1.165) is 18.2 Å². The highest BCUT2D eigenvalue weighted by Gasteiger charge is 2.20. The van der Waals surface area contributed by atoms with E-state index in [0.29, 0.717) is 0 Å². The lowest BCUT2D eigenvalue weighted by Crippen LogP contribution is -2.06. The van der Waals surface area contributed by atoms with Gasteiger partial charge in [-0.1, -0.05) is 23.7 Å². The summed E-state index contributed by atoms with van der Waals surface area (Å²) in [5, 5.41) is 5.39. The monoisotopic (exact) mass is 318 g/mol. The minimum atomic E-state index is -3.85. The fraction of sp³-hybridized carbons (Fsp3) is 0.0833. The Labute approximate surface area is 119 Å². The van der Waals surface area contributed by atoms with Crippen LogP contribution in [-0.4, -0.2) is 24.4 Å². The van der Waals surface area contributed by atoms with E-state index in [1.807, 2.05) is 0 Å². The van der Waals surface area contributed by atoms with E-state index in [1.54, 1.807) is 0 Å². The van der Waals surface area contributed by atoms with E-state index >= 15 is 0 Å². The predicted molar refractivity (Wildman–Crippen MR) is 71.1 cm³/mol. The normalized spacial score (nSPS) is 12.7. The zero-order chi connectivity index (χ0) is 14.8. The Hall–Kier alpha value is -1.73. The van der Waals surface area contributed by atoms with E-state index in [-0.39, 0.29) is 15.6 Å². The maximum atomic E-state index is 13.8. The molecule has 1 heterocycles. The lowest BCUT2D eigenvalue weighted by molar-refractivity contribution is 0.594. The fourth-order valence-electron chi connectivity index (χ4n) is 1.50. The van der Waals surface area contributed by atoms with Gasteiger partial charge < -0.3 is 0 Å². The van der Waals surface area contributed by atoms with Crippen molar-refractivity contribution >= 4 is 27.3 Å². The largest absolute Gasteiger partial charge is 0.283 e. The van der Waals surface area contributed by atoms with Crippen molar-refractivity contribution in [3.05, 3.63) is 52.9 Å². The van der Waals surface area contributed by atoms with Gasteiger partial charge in [0.05, 0.1) is 10.8 Å². The van der Waals surface area contributed by atoms with Gasteiger partial charge in [-0.2, -0.15) is 5.10 Å². The molecule has 106 valence electrons. The van der Waals surface area contributed by atoms with Gasteiger partial charge in [-0.05, 0) is 18.2 Å². The SMILES string of the molecule is O=S(=O)(CC=C(F)c1cccc(F)c1)c1n[nH]cc1Cl. The zero-order valence-electron chi connectivity index (χ0n) is 9.98. The van der Waals surface area contributed by atoms with Gasteiger partial charge >= 0.3 is 0 Å². The maximum absolute atomic E-state index is 13.8. The minimum absolute atomic E-state index is 0.0340. The number of aromatic amines is 1. The second-order valence-corrected chi connectivity index (χ2v) is 6.24. The molecule has 0 atom stereocenters. The Kier molecular flexibility index (Phi) is 4.20. The van der Waals surface area contributed by atoms with Gasteiger partial charge in [0.15, 0.2) is 5.03 Å². The molecule has 0 spiro atoms. The number of sulfone groups is 1. The molecule has 8 heteroatoms. The summed E-state index contributed by atoms with van der Waals surface area (Å²) < 4.78 is 50.4. The van der Waals surface area contributed by atoms with Gasteiger partial charge in [0.25, 0.3) is 0 Å². The van der Waals surface area contributed by atoms with Gasteiger partial charge in [-0.3, -0.25) is 5.10 Å². The van der Waals surface area contributed by atoms with Crippen molar-refractivity contribution in [3.8, 4) is 0 Å². The van der Waals surface area contributed by atoms with Crippen LogP contribution in [-0.2, 0) is 9.84 Å². The van der Waals surface area contributed by atoms with Gasteiger partial charge in [0.2, 0.25) is 9.84 Å². The van der Waals surface area contributed by atoms with Crippen LogP contribution in [0.15, 0.2) is 41.6 Å². The molecule has 2 aromatic rings. The average Bonchev–Trinajstić information content (AvgIpc) is 2.83. The van der Waals surface area contributed by atoms with Crippen LogP contribution >= 0.6 is 11.6 Å². The quantitative estimate of drug-likeness (QED) is 0.942. The topological polar surface area (TPSA) is 62.8 Å². The van der Waals surface area contributed by atoms with Crippen molar-refractivity contribution in [2.24, 2.45) is 0 Å². The molecule has 0 radical (unpaired) electrons. The molecule has 0 bridgehead atoms. The molecular formula is C12H9ClF2N2O2S. The highest BCUT2D eigenvalue weighted by molar-refractivity contribution is 7.91. The third-order valence-electron chi connectivity index (χ3n) is 2.44. The minimum Gasteiger partial charge on any atom is -0.283 e. The molecule has 4 nitrogen and oxygen atoms in total. The van der Waals surface area contributed by atoms with Crippen LogP contribution in [0.4, 0.5) is 8.78 Å². The number of halogens is 3. The van der Waals surface area contributed by atoms with Crippen LogP contribution in [0.25, 0.3) is 5.83 Å². The van der Waals surface area contributed by atoms with Crippen LogP contribution in [0, 0.1) is 5.82 Å². The number of H-pyrrole nitrogens is 1. The number of nitrogens with zero attached hydrogens (tertiary/aromatic N) is 1. The first kappa shape index (κ1) is 14.7. The first-order valence-electron chi connectivity index (χ1n) is 5.44. The average molecular weight is 319 g/mol. The Balaban J connectivity index is 2.23. The highest BCUT2D eigenvalue weighted by Crippen LogP contribution is 2.21. The fourth-order valence-corrected chi connectivity index (χ4v) is 3.01. The number of nitrogens with one attached hydrogen (secondary N) is 1. The van der Waals surface area contributed by atoms with Crippen LogP contribution in [0.3, 0.4) is 0 Å². The molecular weight excluding hydrogens is 310 g/mol. The summed E-state index contributed by atoms with van der Waals surface area (Å²) in [5.41, 5.74) is -0.0340. The lowest BCUT2D eigenvalue weighted by Gasteiger charge is -2.00. The smallest absolute Gasteiger partial charge is 0.202 e. The Morgan fingerprint density at radius 2 is 2.20 bits per heavy atom. The lowest BCUT2D eigenvalue weighted by atomic mass is 10.2. The van der Waals surface area contributed by atoms with Crippen molar-refractivity contribution in [3.63, 3.8) is 0 Å². The Bertz CT molecular complexity index is 756. The Morgan fingerprint density at radius 1 is 1.45 bits per heavy atom. The summed E-state index contributed by atoms with van der Waals surface area (Å²) in [6.07, 6.45) is 2.05. The van der Waals surface area contributed by atoms with Gasteiger partial charge in [-0.15, -0.1) is 0 Å². The van der Waals surface area contributed by atoms with Crippen molar-refractivity contribution in [1.82, 2.24) is 10.2 Å². The van der Waals surface area contributed by atoms with E-state index < -0.39 is 27.2 Å². The van der Waals surface area contributed by atoms with E-state index in [9.17, 15) is 17.2 Å². The molecule has 0 unspecified atom stereocenters. The van der Waals surface area contributed by atoms with Gasteiger partial charge in [0, 0.05) is 11.8 Å². The zero-order valence-corrected chi connectivity index (χ0v) is 11.5. The highest BCUT2D eigenvalue weighted by atomic mass is 35.5. The van der Waals surface area contributed by atoms with Crippen LogP contribution in [0.2, 0.25) is 5.02 Å². The summed E-state index contributed by atoms with van der Waals surface area (Å²) >= 11 is 5.64. The van der Waals surface area contributed by atoms with Crippen molar-refractivity contribution in [2.75, 3.05) is 5.75 Å². The molecule has 1 aromatic carbocycles. The summed E-state index contributed by atoms with van der Waals surface area (Å²) in [7, 11) is -3.85. The van der Waals surface area contributed by atoms with Crippen molar-refractivity contribution < 1.29 is 17.2 Å². The molecule has 20 heavy (non-hydrogen) atoms. The number of benzene rings is 1. The Morgan fingerprint density at radius 3 is 2.80 bits per heavy atom. The summed E-state index contributed by atoms with van der Waals surface area (Å²) in [6.45, 7) is 0. The van der Waals surface area contributed by atoms with Crippen molar-refractivity contribution in [2.45, 2.75) is 5.03 Å². The van der Waals surface area contributed by atoms with Crippen molar-refractivity contribution in [1.29, 1.82) is 0 Å². The van der Waals surface area contributed by atoms with Crippen LogP contribution in [0.1, 0.15) is 5.56 Å². The molecule has 1 aromatic heterocycles. The number of hydrogen-bond acceptors (Lipinski definition) is 3. The third kappa shape index (κ3) is 3.23. The summed E-state index contributed by atoms with van der Waals surface area (Å²) in [4.78, 5) is 0. The molecule has 0 fully saturated rings. The van der Waals surface area contributed by atoms with E-state index in [2.05, 4.69) is 10.2 Å². The summed E-state index contributed by atoms with van der Waals surface area (Å²) in [5.74, 6) is -2.07. The molecule has 0 amide bonds. The third-order valence-corrected chi connectivity index (χ3v) is 4.34. The molecule has 1 N–H and O–H groups in total. The molecule has 2 rings (SSSR count). The molecule has 0 saturated carbocycles. The van der Waals surface area contributed by atoms with E-state index in [4.69, 9.17) is 11.6 Å². The molecule has 0 aliphatic carbocycles. The van der Waals surface area contributed by atoms with Crippen LogP contribution in [0.5, 0.6) is 0 Å². The van der Waals surface area contributed by atoms with Crippen LogP contribution < -0.4 is 0 Å². The molecule has 0 aliphatic rings. The van der Waals surface area contributed by atoms with Gasteiger partial charge in [0.1, 0.15) is 11.6 Å². The number of rotatable bonds is 4. The number of hydrogen-bond donors (Lipinski definition) is 1. The molecule has 0 aliphatic heterocycles. The van der Waals surface area contributed by atoms with Gasteiger partial charge in [-0.25, -0.2) is 17.2 Å². The second-order valence-electron chi connectivity index (χ2n) is 3.88. The maximum Gasteiger partial charge on any atom is 0.202 e. The molecule has 0 saturated heterocycles. The predicted octanol–water partition coefficient (Wildman–Crippen LogP) is 2.99. The number of aromatic nitrogens is 2. The van der Waals surface area contributed by atoms with E-state index in [1.165, 1.54) is 18.3 Å². The summed E-state index contributed by atoms with van der Waals surface area (Å²) in [6, 6.07) is 4.80. The first-order valence-corrected chi connectivity index (χ1v) is 7.47.